The Hall–Kier alpha value is -1.62. The van der Waals surface area contributed by atoms with Crippen LogP contribution in [0.15, 0.2) is 24.8 Å². The Morgan fingerprint density at radius 3 is 2.72 bits per heavy atom. The number of hydrogen-bond acceptors (Lipinski definition) is 3. The number of nitrogens with zero attached hydrogens (tertiary/aromatic N) is 3. The van der Waals surface area contributed by atoms with Gasteiger partial charge in [0.15, 0.2) is 0 Å². The highest BCUT2D eigenvalue weighted by atomic mass is 15.3. The zero-order valence-corrected chi connectivity index (χ0v) is 11.4. The molecule has 2 heterocycles. The van der Waals surface area contributed by atoms with Crippen molar-refractivity contribution < 1.29 is 0 Å². The van der Waals surface area contributed by atoms with Crippen molar-refractivity contribution in [3.8, 4) is 0 Å². The molecule has 0 saturated carbocycles. The minimum atomic E-state index is 0.0361. The summed E-state index contributed by atoms with van der Waals surface area (Å²) >= 11 is 0. The van der Waals surface area contributed by atoms with Gasteiger partial charge in [0.05, 0.1) is 17.9 Å². The first-order chi connectivity index (χ1) is 8.47. The lowest BCUT2D eigenvalue weighted by molar-refractivity contribution is 0.355. The van der Waals surface area contributed by atoms with Gasteiger partial charge in [-0.2, -0.15) is 10.2 Å². The maximum absolute atomic E-state index is 4.39. The second-order valence-electron chi connectivity index (χ2n) is 5.60. The molecular formula is C13H21N5. The second kappa shape index (κ2) is 4.94. The monoisotopic (exact) mass is 247 g/mol. The summed E-state index contributed by atoms with van der Waals surface area (Å²) in [4.78, 5) is 0. The molecule has 2 aromatic heterocycles. The highest BCUT2D eigenvalue weighted by Gasteiger charge is 2.14. The van der Waals surface area contributed by atoms with Gasteiger partial charge in [0, 0.05) is 36.1 Å². The molecule has 5 nitrogen and oxygen atoms in total. The molecule has 0 saturated heterocycles. The molecule has 18 heavy (non-hydrogen) atoms. The minimum absolute atomic E-state index is 0.0361. The van der Waals surface area contributed by atoms with E-state index in [1.807, 2.05) is 23.3 Å². The molecule has 0 fully saturated rings. The predicted molar refractivity (Wildman–Crippen MR) is 71.1 cm³/mol. The number of hydrogen-bond donors (Lipinski definition) is 2. The van der Waals surface area contributed by atoms with Gasteiger partial charge in [-0.15, -0.1) is 0 Å². The fraction of sp³-hybridized carbons (Fsp3) is 0.538. The molecule has 0 aliphatic heterocycles. The third-order valence-electron chi connectivity index (χ3n) is 2.96. The van der Waals surface area contributed by atoms with Crippen LogP contribution in [-0.4, -0.2) is 20.0 Å². The molecule has 2 rings (SSSR count). The molecule has 0 spiro atoms. The van der Waals surface area contributed by atoms with Gasteiger partial charge in [-0.1, -0.05) is 0 Å². The molecule has 5 heteroatoms. The van der Waals surface area contributed by atoms with E-state index in [0.29, 0.717) is 0 Å². The molecular weight excluding hydrogens is 226 g/mol. The Balaban J connectivity index is 1.93. The summed E-state index contributed by atoms with van der Waals surface area (Å²) in [5.41, 5.74) is 2.40. The Bertz CT molecular complexity index is 478. The van der Waals surface area contributed by atoms with Crippen molar-refractivity contribution in [3.63, 3.8) is 0 Å². The number of aromatic nitrogens is 4. The van der Waals surface area contributed by atoms with Crippen LogP contribution < -0.4 is 5.32 Å². The van der Waals surface area contributed by atoms with Crippen LogP contribution in [0.2, 0.25) is 0 Å². The summed E-state index contributed by atoms with van der Waals surface area (Å²) in [5, 5.41) is 14.6. The van der Waals surface area contributed by atoms with Crippen molar-refractivity contribution >= 4 is 0 Å². The quantitative estimate of drug-likeness (QED) is 0.871. The van der Waals surface area contributed by atoms with Crippen molar-refractivity contribution in [1.29, 1.82) is 0 Å². The van der Waals surface area contributed by atoms with E-state index in [1.54, 1.807) is 0 Å². The minimum Gasteiger partial charge on any atom is -0.306 e. The van der Waals surface area contributed by atoms with Crippen molar-refractivity contribution in [3.05, 3.63) is 35.9 Å². The van der Waals surface area contributed by atoms with Crippen LogP contribution in [0.5, 0.6) is 0 Å². The third kappa shape index (κ3) is 2.98. The predicted octanol–water partition coefficient (Wildman–Crippen LogP) is 2.21. The molecule has 1 atom stereocenters. The van der Waals surface area contributed by atoms with Crippen LogP contribution >= 0.6 is 0 Å². The fourth-order valence-corrected chi connectivity index (χ4v) is 1.70. The van der Waals surface area contributed by atoms with E-state index in [-0.39, 0.29) is 11.6 Å². The fourth-order valence-electron chi connectivity index (χ4n) is 1.70. The smallest absolute Gasteiger partial charge is 0.0543 e. The van der Waals surface area contributed by atoms with E-state index in [2.05, 4.69) is 54.5 Å². The first-order valence-corrected chi connectivity index (χ1v) is 6.23. The van der Waals surface area contributed by atoms with Gasteiger partial charge >= 0.3 is 0 Å². The molecule has 0 aromatic carbocycles. The van der Waals surface area contributed by atoms with Crippen LogP contribution in [0, 0.1) is 0 Å². The lowest BCUT2D eigenvalue weighted by atomic mass is 10.1. The average molecular weight is 247 g/mol. The zero-order chi connectivity index (χ0) is 13.2. The summed E-state index contributed by atoms with van der Waals surface area (Å²) in [6.07, 6.45) is 7.77. The van der Waals surface area contributed by atoms with Crippen LogP contribution in [0.1, 0.15) is 44.9 Å². The van der Waals surface area contributed by atoms with Gasteiger partial charge in [0.1, 0.15) is 0 Å². The molecule has 0 aliphatic carbocycles. The standard InChI is InChI=1S/C13H21N5/c1-10(12-7-15-16-8-12)14-5-11-6-17-18(9-11)13(2,3)4/h6-10,14H,5H2,1-4H3,(H,15,16)/t10-/m0/s1. The van der Waals surface area contributed by atoms with Gasteiger partial charge in [0.2, 0.25) is 0 Å². The summed E-state index contributed by atoms with van der Waals surface area (Å²) in [5.74, 6) is 0. The van der Waals surface area contributed by atoms with E-state index < -0.39 is 0 Å². The SMILES string of the molecule is C[C@H](NCc1cnn(C(C)(C)C)c1)c1cn[nH]c1. The first-order valence-electron chi connectivity index (χ1n) is 6.23. The van der Waals surface area contributed by atoms with E-state index in [9.17, 15) is 0 Å². The summed E-state index contributed by atoms with van der Waals surface area (Å²) in [7, 11) is 0. The molecule has 0 aliphatic rings. The largest absolute Gasteiger partial charge is 0.306 e. The number of rotatable bonds is 4. The number of H-pyrrole nitrogens is 1. The molecule has 2 aromatic rings. The molecule has 0 bridgehead atoms. The molecule has 98 valence electrons. The lowest BCUT2D eigenvalue weighted by Crippen LogP contribution is -2.22. The van der Waals surface area contributed by atoms with Gasteiger partial charge in [-0.3, -0.25) is 9.78 Å². The van der Waals surface area contributed by atoms with Crippen molar-refractivity contribution in [2.24, 2.45) is 0 Å². The lowest BCUT2D eigenvalue weighted by Gasteiger charge is -2.18. The summed E-state index contributed by atoms with van der Waals surface area (Å²) in [6, 6.07) is 0.279. The third-order valence-corrected chi connectivity index (χ3v) is 2.96. The Labute approximate surface area is 108 Å². The van der Waals surface area contributed by atoms with Crippen molar-refractivity contribution in [1.82, 2.24) is 25.3 Å². The highest BCUT2D eigenvalue weighted by Crippen LogP contribution is 2.14. The Morgan fingerprint density at radius 2 is 2.17 bits per heavy atom. The molecule has 0 amide bonds. The number of nitrogens with one attached hydrogen (secondary N) is 2. The summed E-state index contributed by atoms with van der Waals surface area (Å²) in [6.45, 7) is 9.36. The van der Waals surface area contributed by atoms with E-state index in [0.717, 1.165) is 6.54 Å². The van der Waals surface area contributed by atoms with Crippen LogP contribution in [0.25, 0.3) is 0 Å². The van der Waals surface area contributed by atoms with Crippen LogP contribution in [0.3, 0.4) is 0 Å². The highest BCUT2D eigenvalue weighted by molar-refractivity contribution is 5.10. The van der Waals surface area contributed by atoms with Crippen LogP contribution in [-0.2, 0) is 12.1 Å². The van der Waals surface area contributed by atoms with Gasteiger partial charge in [0.25, 0.3) is 0 Å². The Kier molecular flexibility index (Phi) is 3.52. The molecule has 0 radical (unpaired) electrons. The van der Waals surface area contributed by atoms with Gasteiger partial charge < -0.3 is 5.32 Å². The van der Waals surface area contributed by atoms with Crippen molar-refractivity contribution in [2.45, 2.75) is 45.8 Å². The maximum atomic E-state index is 4.39. The Morgan fingerprint density at radius 1 is 1.39 bits per heavy atom. The van der Waals surface area contributed by atoms with Crippen molar-refractivity contribution in [2.75, 3.05) is 0 Å². The zero-order valence-electron chi connectivity index (χ0n) is 11.4. The molecule has 0 unspecified atom stereocenters. The van der Waals surface area contributed by atoms with Gasteiger partial charge in [-0.25, -0.2) is 0 Å². The topological polar surface area (TPSA) is 58.5 Å². The normalized spacial score (nSPS) is 13.8. The van der Waals surface area contributed by atoms with E-state index in [4.69, 9.17) is 0 Å². The van der Waals surface area contributed by atoms with Gasteiger partial charge in [-0.05, 0) is 27.7 Å². The maximum Gasteiger partial charge on any atom is 0.0543 e. The number of aromatic amines is 1. The molecule has 2 N–H and O–H groups in total. The second-order valence-corrected chi connectivity index (χ2v) is 5.60. The summed E-state index contributed by atoms with van der Waals surface area (Å²) < 4.78 is 1.99. The van der Waals surface area contributed by atoms with E-state index >= 15 is 0 Å². The first kappa shape index (κ1) is 12.8. The van der Waals surface area contributed by atoms with Crippen LogP contribution in [0.4, 0.5) is 0 Å². The van der Waals surface area contributed by atoms with E-state index in [1.165, 1.54) is 11.1 Å². The average Bonchev–Trinajstić information content (AvgIpc) is 2.96.